The van der Waals surface area contributed by atoms with Gasteiger partial charge in [-0.25, -0.2) is 9.37 Å². The van der Waals surface area contributed by atoms with Gasteiger partial charge in [-0.2, -0.15) is 4.98 Å². The molecule has 1 aromatic carbocycles. The molecule has 5 nitrogen and oxygen atoms in total. The van der Waals surface area contributed by atoms with Crippen molar-refractivity contribution >= 4 is 5.82 Å². The van der Waals surface area contributed by atoms with Crippen LogP contribution in [0.2, 0.25) is 0 Å². The number of benzene rings is 1. The van der Waals surface area contributed by atoms with Crippen LogP contribution in [0, 0.1) is 12.7 Å². The van der Waals surface area contributed by atoms with Gasteiger partial charge in [0.05, 0.1) is 7.11 Å². The SMILES string of the molecule is CCCNc1ncnc(Oc2cc(C)ccc2F)c1OC. The van der Waals surface area contributed by atoms with Gasteiger partial charge in [-0.3, -0.25) is 0 Å². The molecule has 1 aromatic heterocycles. The lowest BCUT2D eigenvalue weighted by atomic mass is 10.2. The number of nitrogens with zero attached hydrogens (tertiary/aromatic N) is 2. The summed E-state index contributed by atoms with van der Waals surface area (Å²) in [6.45, 7) is 4.64. The second-order valence-electron chi connectivity index (χ2n) is 4.52. The Kier molecular flexibility index (Phi) is 4.92. The van der Waals surface area contributed by atoms with Crippen molar-refractivity contribution in [3.8, 4) is 17.4 Å². The quantitative estimate of drug-likeness (QED) is 0.882. The van der Waals surface area contributed by atoms with Gasteiger partial charge >= 0.3 is 0 Å². The van der Waals surface area contributed by atoms with Crippen LogP contribution < -0.4 is 14.8 Å². The minimum Gasteiger partial charge on any atom is -0.489 e. The van der Waals surface area contributed by atoms with Gasteiger partial charge < -0.3 is 14.8 Å². The normalized spacial score (nSPS) is 10.3. The largest absolute Gasteiger partial charge is 0.489 e. The predicted octanol–water partition coefficient (Wildman–Crippen LogP) is 3.55. The summed E-state index contributed by atoms with van der Waals surface area (Å²) in [5.74, 6) is 0.706. The zero-order chi connectivity index (χ0) is 15.2. The fraction of sp³-hybridized carbons (Fsp3) is 0.333. The Morgan fingerprint density at radius 3 is 2.81 bits per heavy atom. The van der Waals surface area contributed by atoms with Crippen molar-refractivity contribution in [1.82, 2.24) is 9.97 Å². The number of aromatic nitrogens is 2. The number of hydrogen-bond acceptors (Lipinski definition) is 5. The second-order valence-corrected chi connectivity index (χ2v) is 4.52. The molecule has 0 fully saturated rings. The molecule has 0 unspecified atom stereocenters. The van der Waals surface area contributed by atoms with Gasteiger partial charge in [0, 0.05) is 6.54 Å². The van der Waals surface area contributed by atoms with E-state index in [1.54, 1.807) is 12.1 Å². The van der Waals surface area contributed by atoms with Crippen LogP contribution in [-0.2, 0) is 0 Å². The minimum atomic E-state index is -0.454. The molecule has 2 rings (SSSR count). The molecule has 112 valence electrons. The molecule has 1 heterocycles. The molecule has 0 atom stereocenters. The maximum Gasteiger partial charge on any atom is 0.268 e. The average molecular weight is 291 g/mol. The number of ether oxygens (including phenoxy) is 2. The first-order valence-electron chi connectivity index (χ1n) is 6.72. The van der Waals surface area contributed by atoms with E-state index in [1.807, 2.05) is 13.8 Å². The lowest BCUT2D eigenvalue weighted by Gasteiger charge is -2.13. The van der Waals surface area contributed by atoms with Gasteiger partial charge in [0.25, 0.3) is 5.88 Å². The highest BCUT2D eigenvalue weighted by molar-refractivity contribution is 5.56. The van der Waals surface area contributed by atoms with E-state index in [0.717, 1.165) is 18.5 Å². The van der Waals surface area contributed by atoms with Crippen molar-refractivity contribution < 1.29 is 13.9 Å². The Bertz CT molecular complexity index is 620. The first-order chi connectivity index (χ1) is 10.2. The molecule has 0 radical (unpaired) electrons. The summed E-state index contributed by atoms with van der Waals surface area (Å²) in [6.07, 6.45) is 2.29. The van der Waals surface area contributed by atoms with E-state index in [9.17, 15) is 4.39 Å². The van der Waals surface area contributed by atoms with Crippen LogP contribution in [0.1, 0.15) is 18.9 Å². The first kappa shape index (κ1) is 15.0. The van der Waals surface area contributed by atoms with Crippen LogP contribution in [-0.4, -0.2) is 23.6 Å². The standard InChI is InChI=1S/C15H18FN3O2/c1-4-7-17-14-13(20-3)15(19-9-18-14)21-12-8-10(2)5-6-11(12)16/h5-6,8-9H,4,7H2,1-3H3,(H,17,18,19). The van der Waals surface area contributed by atoms with Gasteiger partial charge in [-0.1, -0.05) is 13.0 Å². The van der Waals surface area contributed by atoms with Crippen LogP contribution in [0.3, 0.4) is 0 Å². The topological polar surface area (TPSA) is 56.3 Å². The third-order valence-corrected chi connectivity index (χ3v) is 2.81. The Morgan fingerprint density at radius 1 is 1.29 bits per heavy atom. The summed E-state index contributed by atoms with van der Waals surface area (Å²) in [5.41, 5.74) is 0.892. The molecule has 0 aliphatic carbocycles. The molecule has 0 spiro atoms. The maximum absolute atomic E-state index is 13.8. The summed E-state index contributed by atoms with van der Waals surface area (Å²) in [7, 11) is 1.50. The predicted molar refractivity (Wildman–Crippen MR) is 78.6 cm³/mol. The van der Waals surface area contributed by atoms with E-state index < -0.39 is 5.82 Å². The fourth-order valence-electron chi connectivity index (χ4n) is 1.78. The molecular weight excluding hydrogens is 273 g/mol. The highest BCUT2D eigenvalue weighted by Gasteiger charge is 2.15. The van der Waals surface area contributed by atoms with Gasteiger partial charge in [0.2, 0.25) is 5.75 Å². The van der Waals surface area contributed by atoms with Crippen molar-refractivity contribution in [3.05, 3.63) is 35.9 Å². The highest BCUT2D eigenvalue weighted by Crippen LogP contribution is 2.35. The van der Waals surface area contributed by atoms with E-state index in [0.29, 0.717) is 11.6 Å². The Balaban J connectivity index is 2.33. The van der Waals surface area contributed by atoms with Crippen LogP contribution >= 0.6 is 0 Å². The maximum atomic E-state index is 13.8. The van der Waals surface area contributed by atoms with Crippen LogP contribution in [0.25, 0.3) is 0 Å². The summed E-state index contributed by atoms with van der Waals surface area (Å²) in [4.78, 5) is 8.13. The third-order valence-electron chi connectivity index (χ3n) is 2.81. The van der Waals surface area contributed by atoms with Crippen molar-refractivity contribution in [2.45, 2.75) is 20.3 Å². The molecule has 0 amide bonds. The molecule has 0 bridgehead atoms. The average Bonchev–Trinajstić information content (AvgIpc) is 2.49. The van der Waals surface area contributed by atoms with Crippen molar-refractivity contribution in [1.29, 1.82) is 0 Å². The Labute approximate surface area is 123 Å². The minimum absolute atomic E-state index is 0.105. The molecule has 0 aliphatic rings. The number of rotatable bonds is 6. The zero-order valence-electron chi connectivity index (χ0n) is 12.3. The Hall–Kier alpha value is -2.37. The molecule has 6 heteroatoms. The van der Waals surface area contributed by atoms with E-state index >= 15 is 0 Å². The number of aryl methyl sites for hydroxylation is 1. The van der Waals surface area contributed by atoms with Gasteiger partial charge in [-0.15, -0.1) is 0 Å². The van der Waals surface area contributed by atoms with Crippen molar-refractivity contribution in [2.24, 2.45) is 0 Å². The van der Waals surface area contributed by atoms with Gasteiger partial charge in [-0.05, 0) is 31.0 Å². The van der Waals surface area contributed by atoms with E-state index in [4.69, 9.17) is 9.47 Å². The number of anilines is 1. The molecule has 1 N–H and O–H groups in total. The molecular formula is C15H18FN3O2. The van der Waals surface area contributed by atoms with Crippen molar-refractivity contribution in [3.63, 3.8) is 0 Å². The fourth-order valence-corrected chi connectivity index (χ4v) is 1.78. The second kappa shape index (κ2) is 6.88. The summed E-state index contributed by atoms with van der Waals surface area (Å²) < 4.78 is 24.6. The Morgan fingerprint density at radius 2 is 2.10 bits per heavy atom. The van der Waals surface area contributed by atoms with Crippen LogP contribution in [0.5, 0.6) is 17.4 Å². The molecule has 0 saturated carbocycles. The number of halogens is 1. The summed E-state index contributed by atoms with van der Waals surface area (Å²) >= 11 is 0. The molecule has 21 heavy (non-hydrogen) atoms. The van der Waals surface area contributed by atoms with Crippen molar-refractivity contribution in [2.75, 3.05) is 19.0 Å². The number of hydrogen-bond donors (Lipinski definition) is 1. The molecule has 0 saturated heterocycles. The first-order valence-corrected chi connectivity index (χ1v) is 6.72. The van der Waals surface area contributed by atoms with Crippen LogP contribution in [0.15, 0.2) is 24.5 Å². The monoisotopic (exact) mass is 291 g/mol. The van der Waals surface area contributed by atoms with E-state index in [-0.39, 0.29) is 11.6 Å². The van der Waals surface area contributed by atoms with Gasteiger partial charge in [0.15, 0.2) is 17.4 Å². The molecule has 0 aliphatic heterocycles. The number of nitrogens with one attached hydrogen (secondary N) is 1. The summed E-state index contributed by atoms with van der Waals surface area (Å²) in [6, 6.07) is 4.64. The zero-order valence-corrected chi connectivity index (χ0v) is 12.3. The number of methoxy groups -OCH3 is 1. The van der Waals surface area contributed by atoms with Crippen LogP contribution in [0.4, 0.5) is 10.2 Å². The lowest BCUT2D eigenvalue weighted by Crippen LogP contribution is -2.06. The van der Waals surface area contributed by atoms with Gasteiger partial charge in [0.1, 0.15) is 6.33 Å². The lowest BCUT2D eigenvalue weighted by molar-refractivity contribution is 0.360. The molecule has 2 aromatic rings. The summed E-state index contributed by atoms with van der Waals surface area (Å²) in [5, 5.41) is 3.12. The van der Waals surface area contributed by atoms with E-state index in [1.165, 1.54) is 19.5 Å². The van der Waals surface area contributed by atoms with E-state index in [2.05, 4.69) is 15.3 Å². The smallest absolute Gasteiger partial charge is 0.268 e. The third kappa shape index (κ3) is 3.59. The highest BCUT2D eigenvalue weighted by atomic mass is 19.1.